The molecule has 2 aromatic rings. The first-order chi connectivity index (χ1) is 12.2. The van der Waals surface area contributed by atoms with E-state index in [1.807, 2.05) is 12.1 Å². The molecule has 1 atom stereocenters. The number of piperidine rings is 1. The van der Waals surface area contributed by atoms with Crippen molar-refractivity contribution >= 4 is 17.5 Å². The molecule has 1 fully saturated rings. The number of nitrogens with one attached hydrogen (secondary N) is 3. The van der Waals surface area contributed by atoms with E-state index < -0.39 is 0 Å². The van der Waals surface area contributed by atoms with Gasteiger partial charge in [0.05, 0.1) is 6.04 Å². The van der Waals surface area contributed by atoms with Gasteiger partial charge in [-0.05, 0) is 49.2 Å². The van der Waals surface area contributed by atoms with Crippen molar-refractivity contribution in [2.24, 2.45) is 0 Å². The standard InChI is InChI=1S/C19H22N4O2/c24-18(23-16-8-11-20-12-9-16)15-6-4-14(5-7-15)13-22-19(25)17-3-1-2-10-21-17/h4-9,11-12,17,21H,1-3,10,13H2,(H,22,25)(H,20,23,24)/t17-/m1/s1. The highest BCUT2D eigenvalue weighted by atomic mass is 16.2. The van der Waals surface area contributed by atoms with Gasteiger partial charge in [0.2, 0.25) is 5.91 Å². The second-order valence-corrected chi connectivity index (χ2v) is 6.11. The van der Waals surface area contributed by atoms with Crippen LogP contribution in [-0.4, -0.2) is 29.4 Å². The highest BCUT2D eigenvalue weighted by Crippen LogP contribution is 2.10. The van der Waals surface area contributed by atoms with Crippen LogP contribution < -0.4 is 16.0 Å². The fraction of sp³-hybridized carbons (Fsp3) is 0.316. The third-order valence-corrected chi connectivity index (χ3v) is 4.25. The third-order valence-electron chi connectivity index (χ3n) is 4.25. The maximum absolute atomic E-state index is 12.2. The predicted molar refractivity (Wildman–Crippen MR) is 96.1 cm³/mol. The highest BCUT2D eigenvalue weighted by Gasteiger charge is 2.19. The zero-order valence-corrected chi connectivity index (χ0v) is 14.0. The molecule has 3 rings (SSSR count). The van der Waals surface area contributed by atoms with Crippen molar-refractivity contribution in [1.29, 1.82) is 0 Å². The first kappa shape index (κ1) is 17.1. The SMILES string of the molecule is O=C(Nc1ccncc1)c1ccc(CNC(=O)[C@H]2CCCCN2)cc1. The Labute approximate surface area is 147 Å². The molecule has 2 heterocycles. The summed E-state index contributed by atoms with van der Waals surface area (Å²) in [7, 11) is 0. The van der Waals surface area contributed by atoms with Crippen molar-refractivity contribution in [3.05, 3.63) is 59.9 Å². The lowest BCUT2D eigenvalue weighted by Crippen LogP contribution is -2.46. The molecular formula is C19H22N4O2. The van der Waals surface area contributed by atoms with Gasteiger partial charge in [-0.15, -0.1) is 0 Å². The van der Waals surface area contributed by atoms with Crippen molar-refractivity contribution in [2.45, 2.75) is 31.8 Å². The van der Waals surface area contributed by atoms with Gasteiger partial charge in [-0.1, -0.05) is 18.6 Å². The van der Waals surface area contributed by atoms with E-state index in [-0.39, 0.29) is 17.9 Å². The summed E-state index contributed by atoms with van der Waals surface area (Å²) in [6.45, 7) is 1.36. The Hall–Kier alpha value is -2.73. The monoisotopic (exact) mass is 338 g/mol. The molecule has 130 valence electrons. The summed E-state index contributed by atoms with van der Waals surface area (Å²) in [6, 6.07) is 10.6. The summed E-state index contributed by atoms with van der Waals surface area (Å²) < 4.78 is 0. The molecular weight excluding hydrogens is 316 g/mol. The van der Waals surface area contributed by atoms with E-state index in [0.717, 1.165) is 31.4 Å². The molecule has 1 aromatic heterocycles. The Kier molecular flexibility index (Phi) is 5.74. The Morgan fingerprint density at radius 2 is 1.84 bits per heavy atom. The van der Waals surface area contributed by atoms with Gasteiger partial charge >= 0.3 is 0 Å². The van der Waals surface area contributed by atoms with E-state index >= 15 is 0 Å². The molecule has 6 nitrogen and oxygen atoms in total. The molecule has 1 saturated heterocycles. The molecule has 1 aliphatic rings. The maximum Gasteiger partial charge on any atom is 0.255 e. The number of hydrogen-bond donors (Lipinski definition) is 3. The van der Waals surface area contributed by atoms with Crippen LogP contribution in [0.4, 0.5) is 5.69 Å². The van der Waals surface area contributed by atoms with Crippen LogP contribution in [0.25, 0.3) is 0 Å². The molecule has 0 radical (unpaired) electrons. The summed E-state index contributed by atoms with van der Waals surface area (Å²) in [5, 5.41) is 9.00. The molecule has 0 spiro atoms. The molecule has 1 aliphatic heterocycles. The smallest absolute Gasteiger partial charge is 0.255 e. The summed E-state index contributed by atoms with van der Waals surface area (Å²) in [5.74, 6) is -0.132. The summed E-state index contributed by atoms with van der Waals surface area (Å²) in [5.41, 5.74) is 2.24. The minimum Gasteiger partial charge on any atom is -0.351 e. The van der Waals surface area contributed by atoms with E-state index in [4.69, 9.17) is 0 Å². The number of rotatable bonds is 5. The van der Waals surface area contributed by atoms with Crippen molar-refractivity contribution < 1.29 is 9.59 Å². The molecule has 2 amide bonds. The van der Waals surface area contributed by atoms with Crippen LogP contribution >= 0.6 is 0 Å². The molecule has 3 N–H and O–H groups in total. The van der Waals surface area contributed by atoms with Crippen LogP contribution in [0.5, 0.6) is 0 Å². The average Bonchev–Trinajstić information content (AvgIpc) is 2.68. The van der Waals surface area contributed by atoms with E-state index in [1.165, 1.54) is 0 Å². The van der Waals surface area contributed by atoms with E-state index in [2.05, 4.69) is 20.9 Å². The molecule has 6 heteroatoms. The van der Waals surface area contributed by atoms with Crippen LogP contribution in [0.2, 0.25) is 0 Å². The minimum absolute atomic E-state index is 0.0409. The quantitative estimate of drug-likeness (QED) is 0.779. The first-order valence-electron chi connectivity index (χ1n) is 8.54. The molecule has 0 saturated carbocycles. The summed E-state index contributed by atoms with van der Waals surface area (Å²) >= 11 is 0. The van der Waals surface area contributed by atoms with Gasteiger partial charge < -0.3 is 16.0 Å². The molecule has 0 bridgehead atoms. The van der Waals surface area contributed by atoms with E-state index in [9.17, 15) is 9.59 Å². The summed E-state index contributed by atoms with van der Waals surface area (Å²) in [4.78, 5) is 28.2. The van der Waals surface area contributed by atoms with Crippen LogP contribution in [0.15, 0.2) is 48.8 Å². The Morgan fingerprint density at radius 1 is 1.08 bits per heavy atom. The molecule has 0 unspecified atom stereocenters. The zero-order valence-electron chi connectivity index (χ0n) is 14.0. The van der Waals surface area contributed by atoms with Gasteiger partial charge in [-0.3, -0.25) is 14.6 Å². The van der Waals surface area contributed by atoms with Gasteiger partial charge in [0.25, 0.3) is 5.91 Å². The van der Waals surface area contributed by atoms with Crippen LogP contribution in [0.1, 0.15) is 35.2 Å². The van der Waals surface area contributed by atoms with Gasteiger partial charge in [-0.25, -0.2) is 0 Å². The van der Waals surface area contributed by atoms with E-state index in [0.29, 0.717) is 17.8 Å². The van der Waals surface area contributed by atoms with Crippen molar-refractivity contribution in [1.82, 2.24) is 15.6 Å². The fourth-order valence-electron chi connectivity index (χ4n) is 2.80. The van der Waals surface area contributed by atoms with Crippen molar-refractivity contribution in [2.75, 3.05) is 11.9 Å². The number of pyridine rings is 1. The number of carbonyl (C=O) groups excluding carboxylic acids is 2. The number of benzene rings is 1. The number of aromatic nitrogens is 1. The fourth-order valence-corrected chi connectivity index (χ4v) is 2.80. The largest absolute Gasteiger partial charge is 0.351 e. The Bertz CT molecular complexity index is 710. The van der Waals surface area contributed by atoms with Crippen molar-refractivity contribution in [3.63, 3.8) is 0 Å². The minimum atomic E-state index is -0.173. The number of amides is 2. The molecule has 25 heavy (non-hydrogen) atoms. The number of carbonyl (C=O) groups is 2. The first-order valence-corrected chi connectivity index (χ1v) is 8.54. The number of nitrogens with zero attached hydrogens (tertiary/aromatic N) is 1. The van der Waals surface area contributed by atoms with Crippen LogP contribution in [-0.2, 0) is 11.3 Å². The van der Waals surface area contributed by atoms with E-state index in [1.54, 1.807) is 36.7 Å². The second kappa shape index (κ2) is 8.39. The predicted octanol–water partition coefficient (Wildman–Crippen LogP) is 2.09. The lowest BCUT2D eigenvalue weighted by molar-refractivity contribution is -0.123. The molecule has 1 aromatic carbocycles. The van der Waals surface area contributed by atoms with Gasteiger partial charge in [0, 0.05) is 30.2 Å². The molecule has 0 aliphatic carbocycles. The second-order valence-electron chi connectivity index (χ2n) is 6.11. The number of hydrogen-bond acceptors (Lipinski definition) is 4. The third kappa shape index (κ3) is 4.87. The van der Waals surface area contributed by atoms with Crippen LogP contribution in [0, 0.1) is 0 Å². The van der Waals surface area contributed by atoms with Gasteiger partial charge in [0.1, 0.15) is 0 Å². The topological polar surface area (TPSA) is 83.1 Å². The lowest BCUT2D eigenvalue weighted by Gasteiger charge is -2.22. The van der Waals surface area contributed by atoms with Crippen LogP contribution in [0.3, 0.4) is 0 Å². The number of anilines is 1. The average molecular weight is 338 g/mol. The normalized spacial score (nSPS) is 16.9. The van der Waals surface area contributed by atoms with Crippen molar-refractivity contribution in [3.8, 4) is 0 Å². The Morgan fingerprint density at radius 3 is 2.52 bits per heavy atom. The maximum atomic E-state index is 12.2. The van der Waals surface area contributed by atoms with Gasteiger partial charge in [-0.2, -0.15) is 0 Å². The zero-order chi connectivity index (χ0) is 17.5. The van der Waals surface area contributed by atoms with Gasteiger partial charge in [0.15, 0.2) is 0 Å². The Balaban J connectivity index is 1.51. The lowest BCUT2D eigenvalue weighted by atomic mass is 10.0. The summed E-state index contributed by atoms with van der Waals surface area (Å²) in [6.07, 6.45) is 6.37. The highest BCUT2D eigenvalue weighted by molar-refractivity contribution is 6.04.